The van der Waals surface area contributed by atoms with Gasteiger partial charge < -0.3 is 10.5 Å². The summed E-state index contributed by atoms with van der Waals surface area (Å²) in [5.74, 6) is 0. The lowest BCUT2D eigenvalue weighted by Crippen LogP contribution is -2.21. The molecule has 0 amide bonds. The van der Waals surface area contributed by atoms with E-state index in [4.69, 9.17) is 10.5 Å². The molecule has 0 saturated heterocycles. The van der Waals surface area contributed by atoms with Gasteiger partial charge in [-0.15, -0.1) is 5.10 Å². The van der Waals surface area contributed by atoms with E-state index in [1.165, 1.54) is 10.9 Å². The van der Waals surface area contributed by atoms with Crippen molar-refractivity contribution in [3.8, 4) is 0 Å². The zero-order valence-corrected chi connectivity index (χ0v) is 7.48. The third-order valence-corrected chi connectivity index (χ3v) is 1.67. The van der Waals surface area contributed by atoms with Crippen molar-refractivity contribution in [2.24, 2.45) is 5.73 Å². The Bertz CT molecular complexity index is 252. The standard InChI is InChI=1S/C7H13FN4O/c1-13-5-6(9)7-4-10-11-12(7)3-2-8/h4,6H,2-3,5,9H2,1H3/t6-/m1/s1. The van der Waals surface area contributed by atoms with Crippen molar-refractivity contribution in [2.45, 2.75) is 12.6 Å². The third-order valence-electron chi connectivity index (χ3n) is 1.67. The van der Waals surface area contributed by atoms with Crippen LogP contribution >= 0.6 is 0 Å². The number of aromatic nitrogens is 3. The number of nitrogens with two attached hydrogens (primary N) is 1. The number of ether oxygens (including phenoxy) is 1. The first-order chi connectivity index (χ1) is 6.29. The maximum atomic E-state index is 12.0. The first kappa shape index (κ1) is 10.1. The van der Waals surface area contributed by atoms with Crippen LogP contribution in [0.5, 0.6) is 0 Å². The van der Waals surface area contributed by atoms with Crippen LogP contribution in [-0.2, 0) is 11.3 Å². The summed E-state index contributed by atoms with van der Waals surface area (Å²) < 4.78 is 18.3. The van der Waals surface area contributed by atoms with Gasteiger partial charge in [0.2, 0.25) is 0 Å². The smallest absolute Gasteiger partial charge is 0.109 e. The van der Waals surface area contributed by atoms with Gasteiger partial charge in [0.1, 0.15) is 6.67 Å². The quantitative estimate of drug-likeness (QED) is 0.700. The summed E-state index contributed by atoms with van der Waals surface area (Å²) in [7, 11) is 1.56. The average molecular weight is 188 g/mol. The molecule has 0 spiro atoms. The van der Waals surface area contributed by atoms with Gasteiger partial charge in [0.15, 0.2) is 0 Å². The van der Waals surface area contributed by atoms with Crippen LogP contribution in [0.15, 0.2) is 6.20 Å². The molecule has 1 atom stereocenters. The maximum absolute atomic E-state index is 12.0. The third kappa shape index (κ3) is 2.46. The normalized spacial score (nSPS) is 13.2. The highest BCUT2D eigenvalue weighted by atomic mass is 19.1. The van der Waals surface area contributed by atoms with Gasteiger partial charge in [-0.2, -0.15) is 0 Å². The van der Waals surface area contributed by atoms with E-state index >= 15 is 0 Å². The SMILES string of the molecule is COC[C@@H](N)c1cnnn1CCF. The van der Waals surface area contributed by atoms with Gasteiger partial charge in [0, 0.05) is 7.11 Å². The van der Waals surface area contributed by atoms with Crippen LogP contribution in [0.3, 0.4) is 0 Å². The maximum Gasteiger partial charge on any atom is 0.109 e. The molecule has 0 saturated carbocycles. The van der Waals surface area contributed by atoms with Crippen LogP contribution in [0.25, 0.3) is 0 Å². The molecule has 0 aliphatic carbocycles. The minimum atomic E-state index is -0.476. The van der Waals surface area contributed by atoms with Crippen LogP contribution in [0.4, 0.5) is 4.39 Å². The molecule has 0 radical (unpaired) electrons. The van der Waals surface area contributed by atoms with Crippen molar-refractivity contribution in [1.82, 2.24) is 15.0 Å². The fourth-order valence-corrected chi connectivity index (χ4v) is 1.07. The molecule has 1 aromatic rings. The summed E-state index contributed by atoms with van der Waals surface area (Å²) in [6, 6.07) is -0.299. The van der Waals surface area contributed by atoms with Gasteiger partial charge in [-0.05, 0) is 0 Å². The Kier molecular flexibility index (Phi) is 3.78. The lowest BCUT2D eigenvalue weighted by molar-refractivity contribution is 0.177. The number of aryl methyl sites for hydroxylation is 1. The van der Waals surface area contributed by atoms with Crippen LogP contribution in [0.2, 0.25) is 0 Å². The lowest BCUT2D eigenvalue weighted by Gasteiger charge is -2.10. The molecule has 2 N–H and O–H groups in total. The molecule has 1 heterocycles. The van der Waals surface area contributed by atoms with Gasteiger partial charge >= 0.3 is 0 Å². The molecular weight excluding hydrogens is 175 g/mol. The minimum absolute atomic E-state index is 0.187. The molecule has 0 aliphatic rings. The lowest BCUT2D eigenvalue weighted by atomic mass is 10.2. The van der Waals surface area contributed by atoms with E-state index in [1.807, 2.05) is 0 Å². The molecule has 13 heavy (non-hydrogen) atoms. The first-order valence-electron chi connectivity index (χ1n) is 3.98. The van der Waals surface area contributed by atoms with Gasteiger partial charge in [-0.25, -0.2) is 9.07 Å². The number of hydrogen-bond donors (Lipinski definition) is 1. The number of rotatable bonds is 5. The molecule has 1 rings (SSSR count). The first-order valence-corrected chi connectivity index (χ1v) is 3.98. The van der Waals surface area contributed by atoms with Crippen LogP contribution in [0.1, 0.15) is 11.7 Å². The summed E-state index contributed by atoms with van der Waals surface area (Å²) in [5.41, 5.74) is 6.43. The second-order valence-electron chi connectivity index (χ2n) is 2.63. The molecule has 5 nitrogen and oxygen atoms in total. The zero-order chi connectivity index (χ0) is 9.68. The topological polar surface area (TPSA) is 66.0 Å². The predicted molar refractivity (Wildman–Crippen MR) is 44.8 cm³/mol. The van der Waals surface area contributed by atoms with Crippen LogP contribution in [-0.4, -0.2) is 35.4 Å². The minimum Gasteiger partial charge on any atom is -0.383 e. The largest absolute Gasteiger partial charge is 0.383 e. The zero-order valence-electron chi connectivity index (χ0n) is 7.48. The van der Waals surface area contributed by atoms with Crippen molar-refractivity contribution in [3.05, 3.63) is 11.9 Å². The molecular formula is C7H13FN4O. The van der Waals surface area contributed by atoms with Crippen molar-refractivity contribution in [1.29, 1.82) is 0 Å². The summed E-state index contributed by atoms with van der Waals surface area (Å²) in [6.45, 7) is 0.0858. The Labute approximate surface area is 75.7 Å². The van der Waals surface area contributed by atoms with Gasteiger partial charge in [-0.3, -0.25) is 0 Å². The van der Waals surface area contributed by atoms with E-state index in [9.17, 15) is 4.39 Å². The van der Waals surface area contributed by atoms with E-state index in [2.05, 4.69) is 10.3 Å². The second kappa shape index (κ2) is 4.88. The number of nitrogens with zero attached hydrogens (tertiary/aromatic N) is 3. The van der Waals surface area contributed by atoms with Crippen LogP contribution < -0.4 is 5.73 Å². The molecule has 6 heteroatoms. The Morgan fingerprint density at radius 2 is 2.54 bits per heavy atom. The Balaban J connectivity index is 2.68. The van der Waals surface area contributed by atoms with Crippen molar-refractivity contribution < 1.29 is 9.13 Å². The Hall–Kier alpha value is -1.01. The van der Waals surface area contributed by atoms with E-state index < -0.39 is 6.67 Å². The molecule has 1 aromatic heterocycles. The Morgan fingerprint density at radius 3 is 3.15 bits per heavy atom. The summed E-state index contributed by atoms with van der Waals surface area (Å²) in [4.78, 5) is 0. The number of methoxy groups -OCH3 is 1. The summed E-state index contributed by atoms with van der Waals surface area (Å²) >= 11 is 0. The highest BCUT2D eigenvalue weighted by molar-refractivity contribution is 5.01. The summed E-state index contributed by atoms with van der Waals surface area (Å²) in [6.07, 6.45) is 1.53. The molecule has 0 aliphatic heterocycles. The molecule has 0 fully saturated rings. The average Bonchev–Trinajstić information content (AvgIpc) is 2.54. The summed E-state index contributed by atoms with van der Waals surface area (Å²) in [5, 5.41) is 7.36. The van der Waals surface area contributed by atoms with Gasteiger partial charge in [0.25, 0.3) is 0 Å². The van der Waals surface area contributed by atoms with E-state index in [0.29, 0.717) is 12.3 Å². The monoisotopic (exact) mass is 188 g/mol. The van der Waals surface area contributed by atoms with Crippen molar-refractivity contribution >= 4 is 0 Å². The molecule has 0 unspecified atom stereocenters. The molecule has 0 bridgehead atoms. The van der Waals surface area contributed by atoms with Crippen LogP contribution in [0, 0.1) is 0 Å². The van der Waals surface area contributed by atoms with E-state index in [-0.39, 0.29) is 12.6 Å². The highest BCUT2D eigenvalue weighted by Crippen LogP contribution is 2.07. The predicted octanol–water partition coefficient (Wildman–Crippen LogP) is -0.106. The number of alkyl halides is 1. The highest BCUT2D eigenvalue weighted by Gasteiger charge is 2.11. The van der Waals surface area contributed by atoms with E-state index in [0.717, 1.165) is 0 Å². The molecule has 74 valence electrons. The number of halogens is 1. The fraction of sp³-hybridized carbons (Fsp3) is 0.714. The van der Waals surface area contributed by atoms with E-state index in [1.54, 1.807) is 7.11 Å². The fourth-order valence-electron chi connectivity index (χ4n) is 1.07. The van der Waals surface area contributed by atoms with Crippen molar-refractivity contribution in [3.63, 3.8) is 0 Å². The second-order valence-corrected chi connectivity index (χ2v) is 2.63. The Morgan fingerprint density at radius 1 is 1.77 bits per heavy atom. The van der Waals surface area contributed by atoms with Crippen molar-refractivity contribution in [2.75, 3.05) is 20.4 Å². The molecule has 0 aromatic carbocycles. The van der Waals surface area contributed by atoms with Gasteiger partial charge in [0.05, 0.1) is 31.1 Å². The van der Waals surface area contributed by atoms with Gasteiger partial charge in [-0.1, -0.05) is 5.21 Å². The number of hydrogen-bond acceptors (Lipinski definition) is 4.